The van der Waals surface area contributed by atoms with Crippen LogP contribution in [0.3, 0.4) is 0 Å². The van der Waals surface area contributed by atoms with Gasteiger partial charge in [0, 0.05) is 14.2 Å². The van der Waals surface area contributed by atoms with Crippen LogP contribution in [0.5, 0.6) is 0 Å². The molecular formula is C4H14O3Si. The van der Waals surface area contributed by atoms with Gasteiger partial charge in [-0.25, -0.2) is 0 Å². The molecule has 0 amide bonds. The van der Waals surface area contributed by atoms with Gasteiger partial charge in [0.2, 0.25) is 0 Å². The van der Waals surface area contributed by atoms with Crippen molar-refractivity contribution in [2.75, 3.05) is 14.2 Å². The predicted molar refractivity (Wildman–Crippen MR) is 35.1 cm³/mol. The van der Waals surface area contributed by atoms with E-state index in [0.717, 1.165) is 0 Å². The Morgan fingerprint density at radius 3 is 1.25 bits per heavy atom. The molecule has 0 aromatic carbocycles. The average Bonchev–Trinajstić information content (AvgIpc) is 1.68. The molecule has 0 rings (SSSR count). The zero-order valence-electron chi connectivity index (χ0n) is 5.82. The summed E-state index contributed by atoms with van der Waals surface area (Å²) in [5, 5.41) is 0. The van der Waals surface area contributed by atoms with Crippen molar-refractivity contribution in [2.24, 2.45) is 0 Å². The molecule has 4 heteroatoms. The number of hydrogen-bond acceptors (Lipinski definition) is 2. The smallest absolute Gasteiger partial charge is 0.331 e. The lowest BCUT2D eigenvalue weighted by Gasteiger charge is -2.15. The zero-order chi connectivity index (χ0) is 5.91. The third kappa shape index (κ3) is 4.26. The summed E-state index contributed by atoms with van der Waals surface area (Å²) in [6.45, 7) is 3.99. The quantitative estimate of drug-likeness (QED) is 0.510. The second-order valence-corrected chi connectivity index (χ2v) is 5.42. The molecule has 8 heavy (non-hydrogen) atoms. The third-order valence-electron chi connectivity index (χ3n) is 0.983. The van der Waals surface area contributed by atoms with Gasteiger partial charge < -0.3 is 14.3 Å². The van der Waals surface area contributed by atoms with Crippen LogP contribution in [0.4, 0.5) is 0 Å². The van der Waals surface area contributed by atoms with Crippen molar-refractivity contribution in [3.05, 3.63) is 0 Å². The van der Waals surface area contributed by atoms with Crippen LogP contribution in [-0.2, 0) is 8.85 Å². The summed E-state index contributed by atoms with van der Waals surface area (Å²) in [7, 11) is 1.70. The van der Waals surface area contributed by atoms with Gasteiger partial charge in [0.1, 0.15) is 0 Å². The minimum Gasteiger partial charge on any atom is -0.412 e. The maximum Gasteiger partial charge on any atom is 0.331 e. The van der Waals surface area contributed by atoms with Crippen molar-refractivity contribution in [3.63, 3.8) is 0 Å². The summed E-state index contributed by atoms with van der Waals surface area (Å²) >= 11 is 0. The van der Waals surface area contributed by atoms with Crippen molar-refractivity contribution in [1.82, 2.24) is 0 Å². The molecule has 0 saturated heterocycles. The van der Waals surface area contributed by atoms with Crippen molar-refractivity contribution in [3.8, 4) is 0 Å². The fourth-order valence-electron chi connectivity index (χ4n) is 0.0833. The SMILES string of the molecule is CO[Si](C)(C)OC.O. The van der Waals surface area contributed by atoms with Gasteiger partial charge in [0.15, 0.2) is 0 Å². The second kappa shape index (κ2) is 4.02. The summed E-state index contributed by atoms with van der Waals surface area (Å²) in [5.74, 6) is 0. The third-order valence-corrected chi connectivity index (χ3v) is 2.95. The first-order chi connectivity index (χ1) is 3.12. The van der Waals surface area contributed by atoms with Gasteiger partial charge >= 0.3 is 8.56 Å². The van der Waals surface area contributed by atoms with E-state index in [1.807, 2.05) is 13.1 Å². The molecule has 3 nitrogen and oxygen atoms in total. The second-order valence-electron chi connectivity index (χ2n) is 1.81. The molecule has 0 aliphatic carbocycles. The van der Waals surface area contributed by atoms with Crippen LogP contribution in [0.1, 0.15) is 0 Å². The molecule has 2 N–H and O–H groups in total. The van der Waals surface area contributed by atoms with E-state index in [2.05, 4.69) is 0 Å². The minimum absolute atomic E-state index is 0. The summed E-state index contributed by atoms with van der Waals surface area (Å²) in [4.78, 5) is 0. The lowest BCUT2D eigenvalue weighted by molar-refractivity contribution is 0.258. The molecule has 0 spiro atoms. The average molecular weight is 138 g/mol. The van der Waals surface area contributed by atoms with Crippen molar-refractivity contribution >= 4 is 8.56 Å². The van der Waals surface area contributed by atoms with Gasteiger partial charge in [-0.3, -0.25) is 0 Å². The summed E-state index contributed by atoms with van der Waals surface area (Å²) in [6, 6.07) is 0. The van der Waals surface area contributed by atoms with E-state index in [-0.39, 0.29) is 5.48 Å². The van der Waals surface area contributed by atoms with Crippen LogP contribution in [0.15, 0.2) is 0 Å². The Morgan fingerprint density at radius 2 is 1.25 bits per heavy atom. The van der Waals surface area contributed by atoms with Crippen molar-refractivity contribution in [2.45, 2.75) is 13.1 Å². The Balaban J connectivity index is 0. The van der Waals surface area contributed by atoms with Crippen LogP contribution in [-0.4, -0.2) is 28.3 Å². The Hall–Kier alpha value is 0.0969. The molecule has 0 heterocycles. The highest BCUT2D eigenvalue weighted by atomic mass is 28.4. The summed E-state index contributed by atoms with van der Waals surface area (Å²) in [6.07, 6.45) is 0. The van der Waals surface area contributed by atoms with Crippen LogP contribution < -0.4 is 0 Å². The molecule has 0 unspecified atom stereocenters. The molecule has 0 aliphatic rings. The normalized spacial score (nSPS) is 10.5. The van der Waals surface area contributed by atoms with Crippen LogP contribution in [0.25, 0.3) is 0 Å². The van der Waals surface area contributed by atoms with Crippen LogP contribution in [0, 0.1) is 0 Å². The highest BCUT2D eigenvalue weighted by Gasteiger charge is 2.19. The Labute approximate surface area is 51.2 Å². The molecule has 0 bridgehead atoms. The Morgan fingerprint density at radius 1 is 1.00 bits per heavy atom. The van der Waals surface area contributed by atoms with Crippen LogP contribution in [0.2, 0.25) is 13.1 Å². The van der Waals surface area contributed by atoms with Gasteiger partial charge in [0.05, 0.1) is 0 Å². The van der Waals surface area contributed by atoms with Gasteiger partial charge in [-0.1, -0.05) is 0 Å². The molecule has 0 aliphatic heterocycles. The molecule has 0 fully saturated rings. The Kier molecular flexibility index (Phi) is 5.52. The summed E-state index contributed by atoms with van der Waals surface area (Å²) in [5.41, 5.74) is 0. The first kappa shape index (κ1) is 11.0. The maximum absolute atomic E-state index is 5.00. The minimum atomic E-state index is -1.65. The predicted octanol–water partition coefficient (Wildman–Crippen LogP) is 0.156. The molecular weight excluding hydrogens is 124 g/mol. The fraction of sp³-hybridized carbons (Fsp3) is 1.00. The van der Waals surface area contributed by atoms with E-state index in [1.54, 1.807) is 14.2 Å². The fourth-order valence-corrected chi connectivity index (χ4v) is 0.250. The maximum atomic E-state index is 5.00. The van der Waals surface area contributed by atoms with E-state index >= 15 is 0 Å². The standard InChI is InChI=1S/C4H12O2Si.H2O/c1-5-7(3,4)6-2;/h1-4H3;1H2. The molecule has 52 valence electrons. The van der Waals surface area contributed by atoms with Gasteiger partial charge in [0.25, 0.3) is 0 Å². The van der Waals surface area contributed by atoms with Crippen molar-refractivity contribution in [1.29, 1.82) is 0 Å². The lowest BCUT2D eigenvalue weighted by atomic mass is 11.8. The van der Waals surface area contributed by atoms with Crippen LogP contribution >= 0.6 is 0 Å². The van der Waals surface area contributed by atoms with Gasteiger partial charge in [-0.2, -0.15) is 0 Å². The topological polar surface area (TPSA) is 50.0 Å². The first-order valence-electron chi connectivity index (χ1n) is 2.22. The molecule has 0 saturated carbocycles. The lowest BCUT2D eigenvalue weighted by Crippen LogP contribution is -2.31. The molecule has 0 radical (unpaired) electrons. The largest absolute Gasteiger partial charge is 0.412 e. The Bertz CT molecular complexity index is 49.2. The van der Waals surface area contributed by atoms with E-state index in [0.29, 0.717) is 0 Å². The summed E-state index contributed by atoms with van der Waals surface area (Å²) < 4.78 is 10.0. The highest BCUT2D eigenvalue weighted by molar-refractivity contribution is 6.64. The number of hydrogen-bond donors (Lipinski definition) is 0. The van der Waals surface area contributed by atoms with E-state index in [1.165, 1.54) is 0 Å². The molecule has 0 aromatic heterocycles. The van der Waals surface area contributed by atoms with Crippen molar-refractivity contribution < 1.29 is 14.3 Å². The molecule has 0 atom stereocenters. The van der Waals surface area contributed by atoms with E-state index in [9.17, 15) is 0 Å². The monoisotopic (exact) mass is 138 g/mol. The van der Waals surface area contributed by atoms with Gasteiger partial charge in [-0.05, 0) is 13.1 Å². The van der Waals surface area contributed by atoms with E-state index < -0.39 is 8.56 Å². The first-order valence-corrected chi connectivity index (χ1v) is 5.04. The molecule has 0 aromatic rings. The van der Waals surface area contributed by atoms with E-state index in [4.69, 9.17) is 8.85 Å². The zero-order valence-corrected chi connectivity index (χ0v) is 6.82. The highest BCUT2D eigenvalue weighted by Crippen LogP contribution is 1.99. The number of rotatable bonds is 2. The van der Waals surface area contributed by atoms with Gasteiger partial charge in [-0.15, -0.1) is 0 Å².